The third kappa shape index (κ3) is 3.19. The van der Waals surface area contributed by atoms with Crippen molar-refractivity contribution in [2.75, 3.05) is 27.4 Å². The highest BCUT2D eigenvalue weighted by Gasteiger charge is 2.40. The number of hydrogen-bond donors (Lipinski definition) is 1. The third-order valence-electron chi connectivity index (χ3n) is 4.25. The van der Waals surface area contributed by atoms with Crippen molar-refractivity contribution in [2.45, 2.75) is 50.8 Å². The van der Waals surface area contributed by atoms with Gasteiger partial charge in [0.25, 0.3) is 0 Å². The van der Waals surface area contributed by atoms with Crippen LogP contribution in [-0.4, -0.2) is 53.8 Å². The highest BCUT2D eigenvalue weighted by atomic mass is 16.5. The molecule has 6 heteroatoms. The molecular weight excluding hydrogens is 256 g/mol. The van der Waals surface area contributed by atoms with Crippen LogP contribution in [0.1, 0.15) is 32.0 Å². The number of ether oxygens (including phenoxy) is 2. The van der Waals surface area contributed by atoms with Crippen LogP contribution in [0.15, 0.2) is 6.33 Å². The molecule has 1 fully saturated rings. The smallest absolute Gasteiger partial charge is 0.138 e. The molecule has 2 rings (SSSR count). The Morgan fingerprint density at radius 3 is 2.85 bits per heavy atom. The van der Waals surface area contributed by atoms with Gasteiger partial charge >= 0.3 is 0 Å². The Balaban J connectivity index is 2.12. The monoisotopic (exact) mass is 282 g/mol. The van der Waals surface area contributed by atoms with E-state index in [0.717, 1.165) is 51.3 Å². The lowest BCUT2D eigenvalue weighted by molar-refractivity contribution is -0.109. The fraction of sp³-hybridized carbons (Fsp3) is 0.857. The normalized spacial score (nSPS) is 19.9. The predicted molar refractivity (Wildman–Crippen MR) is 76.7 cm³/mol. The second kappa shape index (κ2) is 7.15. The van der Waals surface area contributed by atoms with Crippen molar-refractivity contribution in [3.8, 4) is 0 Å². The van der Waals surface area contributed by atoms with Crippen molar-refractivity contribution in [2.24, 2.45) is 0 Å². The lowest BCUT2D eigenvalue weighted by Gasteiger charge is -2.42. The first-order valence-corrected chi connectivity index (χ1v) is 7.42. The van der Waals surface area contributed by atoms with Gasteiger partial charge in [0, 0.05) is 52.2 Å². The minimum Gasteiger partial charge on any atom is -0.381 e. The van der Waals surface area contributed by atoms with Gasteiger partial charge in [0.15, 0.2) is 0 Å². The number of aryl methyl sites for hydroxylation is 1. The Labute approximate surface area is 120 Å². The first-order chi connectivity index (χ1) is 9.75. The molecule has 0 spiro atoms. The molecular formula is C14H26N4O2. The van der Waals surface area contributed by atoms with Crippen molar-refractivity contribution in [3.63, 3.8) is 0 Å². The molecule has 1 aliphatic heterocycles. The Morgan fingerprint density at radius 1 is 1.50 bits per heavy atom. The molecule has 1 unspecified atom stereocenters. The molecule has 1 saturated heterocycles. The van der Waals surface area contributed by atoms with Gasteiger partial charge in [-0.25, -0.2) is 4.98 Å². The van der Waals surface area contributed by atoms with Gasteiger partial charge in [-0.1, -0.05) is 6.92 Å². The number of nitrogens with zero attached hydrogens (tertiary/aromatic N) is 3. The van der Waals surface area contributed by atoms with Crippen LogP contribution in [0.3, 0.4) is 0 Å². The Hall–Kier alpha value is -0.980. The Bertz CT molecular complexity index is 402. The summed E-state index contributed by atoms with van der Waals surface area (Å²) >= 11 is 0. The SMILES string of the molecule is CCCn1ncnc1CC(NC)C1(OC)CCOCC1. The van der Waals surface area contributed by atoms with Crippen molar-refractivity contribution in [1.29, 1.82) is 0 Å². The quantitative estimate of drug-likeness (QED) is 0.809. The molecule has 1 aromatic heterocycles. The van der Waals surface area contributed by atoms with E-state index in [1.807, 2.05) is 11.7 Å². The van der Waals surface area contributed by atoms with Gasteiger partial charge in [0.1, 0.15) is 12.2 Å². The number of aromatic nitrogens is 3. The van der Waals surface area contributed by atoms with Gasteiger partial charge in [-0.15, -0.1) is 0 Å². The molecule has 0 aromatic carbocycles. The molecule has 20 heavy (non-hydrogen) atoms. The lowest BCUT2D eigenvalue weighted by Crippen LogP contribution is -2.55. The number of likely N-dealkylation sites (N-methyl/N-ethyl adjacent to an activating group) is 1. The zero-order chi connectivity index (χ0) is 14.4. The van der Waals surface area contributed by atoms with E-state index in [1.54, 1.807) is 13.4 Å². The fourth-order valence-corrected chi connectivity index (χ4v) is 2.99. The Kier molecular flexibility index (Phi) is 5.51. The zero-order valence-corrected chi connectivity index (χ0v) is 12.8. The number of methoxy groups -OCH3 is 1. The first kappa shape index (κ1) is 15.4. The molecule has 0 radical (unpaired) electrons. The standard InChI is InChI=1S/C14H26N4O2/c1-4-7-18-13(16-11-17-18)10-12(15-2)14(19-3)5-8-20-9-6-14/h11-12,15H,4-10H2,1-3H3. The van der Waals surface area contributed by atoms with Gasteiger partial charge in [0.05, 0.1) is 5.60 Å². The summed E-state index contributed by atoms with van der Waals surface area (Å²) in [5.74, 6) is 1.02. The van der Waals surface area contributed by atoms with Gasteiger partial charge in [-0.05, 0) is 13.5 Å². The predicted octanol–water partition coefficient (Wildman–Crippen LogP) is 1.01. The summed E-state index contributed by atoms with van der Waals surface area (Å²) in [4.78, 5) is 4.41. The van der Waals surface area contributed by atoms with Crippen molar-refractivity contribution in [3.05, 3.63) is 12.2 Å². The van der Waals surface area contributed by atoms with Crippen molar-refractivity contribution < 1.29 is 9.47 Å². The Morgan fingerprint density at radius 2 is 2.25 bits per heavy atom. The van der Waals surface area contributed by atoms with E-state index >= 15 is 0 Å². The number of nitrogens with one attached hydrogen (secondary N) is 1. The molecule has 0 saturated carbocycles. The third-order valence-corrected chi connectivity index (χ3v) is 4.25. The van der Waals surface area contributed by atoms with Crippen LogP contribution in [0.4, 0.5) is 0 Å². The first-order valence-electron chi connectivity index (χ1n) is 7.42. The molecule has 114 valence electrons. The molecule has 0 amide bonds. The minimum absolute atomic E-state index is 0.171. The fourth-order valence-electron chi connectivity index (χ4n) is 2.99. The average Bonchev–Trinajstić information content (AvgIpc) is 2.93. The second-order valence-electron chi connectivity index (χ2n) is 5.33. The topological polar surface area (TPSA) is 61.2 Å². The largest absolute Gasteiger partial charge is 0.381 e. The van der Waals surface area contributed by atoms with Crippen LogP contribution in [0, 0.1) is 0 Å². The molecule has 6 nitrogen and oxygen atoms in total. The van der Waals surface area contributed by atoms with Crippen LogP contribution in [0.2, 0.25) is 0 Å². The highest BCUT2D eigenvalue weighted by molar-refractivity contribution is 5.01. The van der Waals surface area contributed by atoms with Crippen LogP contribution in [-0.2, 0) is 22.4 Å². The summed E-state index contributed by atoms with van der Waals surface area (Å²) in [6.07, 6.45) is 5.35. The zero-order valence-electron chi connectivity index (χ0n) is 12.8. The lowest BCUT2D eigenvalue weighted by atomic mass is 9.84. The summed E-state index contributed by atoms with van der Waals surface area (Å²) in [6, 6.07) is 0.219. The van der Waals surface area contributed by atoms with Gasteiger partial charge in [0.2, 0.25) is 0 Å². The van der Waals surface area contributed by atoms with Gasteiger partial charge < -0.3 is 14.8 Å². The maximum atomic E-state index is 5.88. The highest BCUT2D eigenvalue weighted by Crippen LogP contribution is 2.29. The summed E-state index contributed by atoms with van der Waals surface area (Å²) in [5.41, 5.74) is -0.171. The summed E-state index contributed by atoms with van der Waals surface area (Å²) in [5, 5.41) is 7.71. The molecule has 1 aliphatic rings. The molecule has 1 aromatic rings. The van der Waals surface area contributed by atoms with Crippen LogP contribution in [0.25, 0.3) is 0 Å². The number of hydrogen-bond acceptors (Lipinski definition) is 5. The van der Waals surface area contributed by atoms with Crippen LogP contribution < -0.4 is 5.32 Å². The van der Waals surface area contributed by atoms with E-state index in [2.05, 4.69) is 22.3 Å². The van der Waals surface area contributed by atoms with Crippen LogP contribution >= 0.6 is 0 Å². The summed E-state index contributed by atoms with van der Waals surface area (Å²) in [6.45, 7) is 4.58. The van der Waals surface area contributed by atoms with Crippen LogP contribution in [0.5, 0.6) is 0 Å². The van der Waals surface area contributed by atoms with E-state index in [-0.39, 0.29) is 11.6 Å². The molecule has 0 bridgehead atoms. The van der Waals surface area contributed by atoms with E-state index in [4.69, 9.17) is 9.47 Å². The number of rotatable bonds is 7. The molecule has 0 aliphatic carbocycles. The molecule has 1 atom stereocenters. The van der Waals surface area contributed by atoms with Crippen molar-refractivity contribution in [1.82, 2.24) is 20.1 Å². The second-order valence-corrected chi connectivity index (χ2v) is 5.33. The van der Waals surface area contributed by atoms with Gasteiger partial charge in [-0.3, -0.25) is 4.68 Å². The summed E-state index contributed by atoms with van der Waals surface area (Å²) < 4.78 is 13.4. The summed E-state index contributed by atoms with van der Waals surface area (Å²) in [7, 11) is 3.79. The van der Waals surface area contributed by atoms with E-state index < -0.39 is 0 Å². The van der Waals surface area contributed by atoms with Gasteiger partial charge in [-0.2, -0.15) is 5.10 Å². The van der Waals surface area contributed by atoms with Crippen molar-refractivity contribution >= 4 is 0 Å². The minimum atomic E-state index is -0.171. The average molecular weight is 282 g/mol. The van der Waals surface area contributed by atoms with E-state index in [0.29, 0.717) is 0 Å². The maximum absolute atomic E-state index is 5.88. The molecule has 1 N–H and O–H groups in total. The van der Waals surface area contributed by atoms with E-state index in [9.17, 15) is 0 Å². The maximum Gasteiger partial charge on any atom is 0.138 e. The molecule has 2 heterocycles. The van der Waals surface area contributed by atoms with E-state index in [1.165, 1.54) is 0 Å².